The molecule has 1 atom stereocenters. The predicted octanol–water partition coefficient (Wildman–Crippen LogP) is 2.28. The van der Waals surface area contributed by atoms with Crippen LogP contribution in [0.5, 0.6) is 0 Å². The lowest BCUT2D eigenvalue weighted by Crippen LogP contribution is -2.43. The summed E-state index contributed by atoms with van der Waals surface area (Å²) < 4.78 is 27.2. The molecule has 2 aliphatic rings. The molecule has 2 N–H and O–H groups in total. The maximum atomic E-state index is 13.6. The van der Waals surface area contributed by atoms with Crippen molar-refractivity contribution < 1.29 is 28.3 Å². The fourth-order valence-corrected chi connectivity index (χ4v) is 4.14. The molecule has 0 unspecified atom stereocenters. The summed E-state index contributed by atoms with van der Waals surface area (Å²) in [4.78, 5) is 42.6. The molecule has 1 aromatic heterocycles. The number of alkyl halides is 2. The largest absolute Gasteiger partial charge is 0.465 e. The van der Waals surface area contributed by atoms with Crippen LogP contribution in [0.25, 0.3) is 11.1 Å². The molecular weight excluding hydrogens is 436 g/mol. The van der Waals surface area contributed by atoms with E-state index in [4.69, 9.17) is 5.26 Å². The lowest BCUT2D eigenvalue weighted by molar-refractivity contribution is -0.131. The van der Waals surface area contributed by atoms with E-state index in [0.29, 0.717) is 29.8 Å². The van der Waals surface area contributed by atoms with Gasteiger partial charge < -0.3 is 15.3 Å². The second-order valence-electron chi connectivity index (χ2n) is 7.86. The highest BCUT2D eigenvalue weighted by Crippen LogP contribution is 2.34. The minimum atomic E-state index is -3.14. The molecule has 3 amide bonds. The summed E-state index contributed by atoms with van der Waals surface area (Å²) in [6.07, 6.45) is 1.66. The van der Waals surface area contributed by atoms with Crippen LogP contribution in [0.1, 0.15) is 22.3 Å². The van der Waals surface area contributed by atoms with Gasteiger partial charge in [-0.2, -0.15) is 5.26 Å². The van der Waals surface area contributed by atoms with E-state index in [1.54, 1.807) is 24.3 Å². The Morgan fingerprint density at radius 3 is 2.82 bits per heavy atom. The molecule has 1 saturated heterocycles. The second-order valence-corrected chi connectivity index (χ2v) is 7.86. The van der Waals surface area contributed by atoms with Gasteiger partial charge >= 0.3 is 6.09 Å². The number of rotatable bonds is 4. The van der Waals surface area contributed by atoms with Crippen LogP contribution in [0.2, 0.25) is 0 Å². The first-order chi connectivity index (χ1) is 15.7. The highest BCUT2D eigenvalue weighted by atomic mass is 19.3. The number of fused-ring (bicyclic) bond motifs is 1. The molecule has 0 spiro atoms. The van der Waals surface area contributed by atoms with Crippen molar-refractivity contribution in [1.29, 1.82) is 5.26 Å². The van der Waals surface area contributed by atoms with Gasteiger partial charge in [0.15, 0.2) is 0 Å². The van der Waals surface area contributed by atoms with E-state index in [9.17, 15) is 28.3 Å². The smallest absolute Gasteiger partial charge is 0.411 e. The number of hydrogen-bond donors (Lipinski definition) is 2. The van der Waals surface area contributed by atoms with Gasteiger partial charge in [0.1, 0.15) is 6.04 Å². The first-order valence-electron chi connectivity index (χ1n) is 10.1. The van der Waals surface area contributed by atoms with E-state index in [1.807, 2.05) is 0 Å². The molecule has 3 heterocycles. The zero-order valence-corrected chi connectivity index (χ0v) is 17.3. The molecule has 0 saturated carbocycles. The molecule has 2 aliphatic heterocycles. The molecule has 0 radical (unpaired) electrons. The Hall–Kier alpha value is -4.07. The average molecular weight is 455 g/mol. The lowest BCUT2D eigenvalue weighted by atomic mass is 9.98. The fourth-order valence-electron chi connectivity index (χ4n) is 4.14. The van der Waals surface area contributed by atoms with Crippen molar-refractivity contribution in [1.82, 2.24) is 15.2 Å². The maximum Gasteiger partial charge on any atom is 0.411 e. The minimum absolute atomic E-state index is 0.217. The summed E-state index contributed by atoms with van der Waals surface area (Å²) in [5, 5.41) is 20.8. The number of likely N-dealkylation sites (tertiary alicyclic amines) is 1. The number of nitriles is 1. The molecule has 0 bridgehead atoms. The number of amides is 3. The second kappa shape index (κ2) is 8.46. The van der Waals surface area contributed by atoms with Crippen molar-refractivity contribution >= 4 is 23.6 Å². The molecule has 0 aliphatic carbocycles. The van der Waals surface area contributed by atoms with Gasteiger partial charge in [-0.15, -0.1) is 0 Å². The number of nitrogens with one attached hydrogen (secondary N) is 1. The number of aromatic nitrogens is 1. The normalized spacial score (nSPS) is 18.5. The number of benzene rings is 1. The molecule has 170 valence electrons. The van der Waals surface area contributed by atoms with E-state index in [1.165, 1.54) is 23.4 Å². The van der Waals surface area contributed by atoms with E-state index in [2.05, 4.69) is 10.3 Å². The van der Waals surface area contributed by atoms with Gasteiger partial charge in [-0.1, -0.05) is 6.07 Å². The Bertz CT molecular complexity index is 1180. The van der Waals surface area contributed by atoms with E-state index < -0.39 is 49.4 Å². The van der Waals surface area contributed by atoms with E-state index in [0.717, 1.165) is 10.5 Å². The number of hydrogen-bond acceptors (Lipinski definition) is 5. The summed E-state index contributed by atoms with van der Waals surface area (Å²) >= 11 is 0. The van der Waals surface area contributed by atoms with Crippen molar-refractivity contribution in [2.45, 2.75) is 24.8 Å². The third-order valence-electron chi connectivity index (χ3n) is 5.72. The lowest BCUT2D eigenvalue weighted by Gasteiger charge is -2.19. The van der Waals surface area contributed by atoms with Crippen LogP contribution in [0, 0.1) is 11.3 Å². The number of anilines is 1. The van der Waals surface area contributed by atoms with Crippen LogP contribution >= 0.6 is 0 Å². The predicted molar refractivity (Wildman–Crippen MR) is 112 cm³/mol. The zero-order chi connectivity index (χ0) is 23.8. The first kappa shape index (κ1) is 22.1. The maximum absolute atomic E-state index is 13.6. The first-order valence-corrected chi connectivity index (χ1v) is 10.1. The minimum Gasteiger partial charge on any atom is -0.465 e. The molecule has 1 aromatic carbocycles. The number of halogens is 2. The number of pyridine rings is 1. The summed E-state index contributed by atoms with van der Waals surface area (Å²) in [5.74, 6) is -4.51. The van der Waals surface area contributed by atoms with Crippen LogP contribution < -0.4 is 10.2 Å². The molecule has 11 heteroatoms. The topological polar surface area (TPSA) is 127 Å². The number of nitrogens with zero attached hydrogens (tertiary/aromatic N) is 4. The van der Waals surface area contributed by atoms with Gasteiger partial charge in [0.25, 0.3) is 11.8 Å². The SMILES string of the molecule is N#C[C@@H]1CC(F)(F)CN1C(=O)CNC(=O)c1ccncc1-c1ccc2c(c1)CCN2C(=O)O. The van der Waals surface area contributed by atoms with Crippen molar-refractivity contribution in [3.8, 4) is 17.2 Å². The number of carboxylic acid groups (broad SMARTS) is 1. The summed E-state index contributed by atoms with van der Waals surface area (Å²) in [6, 6.07) is 7.07. The summed E-state index contributed by atoms with van der Waals surface area (Å²) in [5.41, 5.74) is 2.74. The van der Waals surface area contributed by atoms with E-state index in [-0.39, 0.29) is 5.56 Å². The standard InChI is InChI=1S/C22H19F2N5O4/c23-22(24)8-15(9-25)29(12-22)19(30)11-27-20(31)16-3-5-26-10-17(16)13-1-2-18-14(7-13)4-6-28(18)21(32)33/h1-3,5,7,10,15H,4,6,8,11-12H2,(H,27,31)(H,32,33)/t15-/m0/s1. The Morgan fingerprint density at radius 2 is 2.09 bits per heavy atom. The van der Waals surface area contributed by atoms with E-state index >= 15 is 0 Å². The quantitative estimate of drug-likeness (QED) is 0.728. The zero-order valence-electron chi connectivity index (χ0n) is 17.3. The number of carbonyl (C=O) groups excluding carboxylic acids is 2. The molecular formula is C22H19F2N5O4. The van der Waals surface area contributed by atoms with Gasteiger partial charge in [0.2, 0.25) is 5.91 Å². The highest BCUT2D eigenvalue weighted by molar-refractivity contribution is 6.02. The number of carbonyl (C=O) groups is 3. The Kier molecular flexibility index (Phi) is 5.68. The molecule has 9 nitrogen and oxygen atoms in total. The molecule has 1 fully saturated rings. The van der Waals surface area contributed by atoms with Crippen molar-refractivity contribution in [2.24, 2.45) is 0 Å². The van der Waals surface area contributed by atoms with Crippen LogP contribution in [0.4, 0.5) is 19.3 Å². The van der Waals surface area contributed by atoms with Crippen molar-refractivity contribution in [3.05, 3.63) is 47.8 Å². The van der Waals surface area contributed by atoms with Gasteiger partial charge in [-0.05, 0) is 35.7 Å². The molecule has 4 rings (SSSR count). The van der Waals surface area contributed by atoms with Gasteiger partial charge in [-0.25, -0.2) is 13.6 Å². The fraction of sp³-hybridized carbons (Fsp3) is 0.318. The monoisotopic (exact) mass is 455 g/mol. The highest BCUT2D eigenvalue weighted by Gasteiger charge is 2.47. The van der Waals surface area contributed by atoms with Gasteiger partial charge in [0, 0.05) is 30.9 Å². The summed E-state index contributed by atoms with van der Waals surface area (Å²) in [7, 11) is 0. The van der Waals surface area contributed by atoms with Crippen LogP contribution in [-0.4, -0.2) is 64.5 Å². The van der Waals surface area contributed by atoms with Crippen molar-refractivity contribution in [3.63, 3.8) is 0 Å². The van der Waals surface area contributed by atoms with Gasteiger partial charge in [-0.3, -0.25) is 19.5 Å². The van der Waals surface area contributed by atoms with Crippen LogP contribution in [-0.2, 0) is 11.2 Å². The molecule has 2 aromatic rings. The third-order valence-corrected chi connectivity index (χ3v) is 5.72. The third kappa shape index (κ3) is 4.32. The van der Waals surface area contributed by atoms with Crippen molar-refractivity contribution in [2.75, 3.05) is 24.5 Å². The Morgan fingerprint density at radius 1 is 1.30 bits per heavy atom. The van der Waals surface area contributed by atoms with Gasteiger partial charge in [0.05, 0.1) is 30.4 Å². The average Bonchev–Trinajstić information content (AvgIpc) is 3.36. The Labute approximate surface area is 187 Å². The van der Waals surface area contributed by atoms with Crippen LogP contribution in [0.3, 0.4) is 0 Å². The summed E-state index contributed by atoms with van der Waals surface area (Å²) in [6.45, 7) is -1.05. The molecule has 33 heavy (non-hydrogen) atoms. The van der Waals surface area contributed by atoms with Crippen LogP contribution in [0.15, 0.2) is 36.7 Å². The Balaban J connectivity index is 1.50.